The van der Waals surface area contributed by atoms with E-state index in [1.54, 1.807) is 0 Å². The highest BCUT2D eigenvalue weighted by Gasteiger charge is 2.50. The van der Waals surface area contributed by atoms with E-state index in [0.717, 1.165) is 167 Å². The van der Waals surface area contributed by atoms with Crippen molar-refractivity contribution < 1.29 is 58.2 Å². The molecule has 3 N–H and O–H groups in total. The molecule has 6 atom stereocenters. The average molecular weight is 1140 g/mol. The Labute approximate surface area is 492 Å². The molecule has 0 aromatic carbocycles. The second kappa shape index (κ2) is 56.1. The summed E-state index contributed by atoms with van der Waals surface area (Å²) in [6.07, 6.45) is 62.2. The van der Waals surface area contributed by atoms with E-state index in [4.69, 9.17) is 23.7 Å². The van der Waals surface area contributed by atoms with Crippen molar-refractivity contribution in [1.82, 2.24) is 0 Å². The van der Waals surface area contributed by atoms with Crippen molar-refractivity contribution in [3.8, 4) is 0 Å². The number of carboxylic acids is 1. The molecule has 0 bridgehead atoms. The lowest BCUT2D eigenvalue weighted by atomic mass is 9.98. The van der Waals surface area contributed by atoms with Crippen LogP contribution in [0.25, 0.3) is 0 Å². The normalized spacial score (nSPS) is 18.4. The third kappa shape index (κ3) is 45.8. The van der Waals surface area contributed by atoms with E-state index in [1.165, 1.54) is 38.5 Å². The molecular weight excluding hydrogens is 1020 g/mol. The molecule has 6 unspecified atom stereocenters. The number of aliphatic carboxylic acids is 1. The van der Waals surface area contributed by atoms with Gasteiger partial charge in [0.1, 0.15) is 18.8 Å². The number of esters is 3. The molecule has 1 aliphatic heterocycles. The summed E-state index contributed by atoms with van der Waals surface area (Å²) in [6, 6.07) is 0. The predicted molar refractivity (Wildman–Crippen MR) is 331 cm³/mol. The third-order valence-electron chi connectivity index (χ3n) is 14.1. The lowest BCUT2D eigenvalue weighted by Crippen LogP contribution is -2.61. The topological polar surface area (TPSA) is 175 Å². The summed E-state index contributed by atoms with van der Waals surface area (Å²) in [5, 5.41) is 31.6. The highest BCUT2D eigenvalue weighted by molar-refractivity contribution is 5.74. The summed E-state index contributed by atoms with van der Waals surface area (Å²) in [7, 11) is 0. The van der Waals surface area contributed by atoms with Gasteiger partial charge in [-0.05, 0) is 116 Å². The molecule has 0 amide bonds. The Morgan fingerprint density at radius 3 is 1.20 bits per heavy atom. The molecule has 0 aliphatic carbocycles. The number of aliphatic hydroxyl groups excluding tert-OH is 2. The smallest absolute Gasteiger partial charge is 0.335 e. The average Bonchev–Trinajstić information content (AvgIpc) is 3.53. The molecule has 0 radical (unpaired) electrons. The third-order valence-corrected chi connectivity index (χ3v) is 14.1. The number of carboxylic acid groups (broad SMARTS) is 1. The summed E-state index contributed by atoms with van der Waals surface area (Å²) in [4.78, 5) is 51.3. The zero-order chi connectivity index (χ0) is 58.9. The van der Waals surface area contributed by atoms with Crippen LogP contribution in [0.1, 0.15) is 265 Å². The van der Waals surface area contributed by atoms with Gasteiger partial charge in [0.25, 0.3) is 0 Å². The van der Waals surface area contributed by atoms with E-state index in [9.17, 15) is 34.5 Å². The van der Waals surface area contributed by atoms with E-state index < -0.39 is 67.3 Å². The second-order valence-corrected chi connectivity index (χ2v) is 21.6. The maximum Gasteiger partial charge on any atom is 0.335 e. The number of aliphatic hydroxyl groups is 2. The fraction of sp³-hybridized carbons (Fsp3) is 0.710. The Morgan fingerprint density at radius 1 is 0.420 bits per heavy atom. The van der Waals surface area contributed by atoms with Crippen molar-refractivity contribution in [3.63, 3.8) is 0 Å². The van der Waals surface area contributed by atoms with Gasteiger partial charge in [0.2, 0.25) is 0 Å². The molecule has 0 aromatic heterocycles. The van der Waals surface area contributed by atoms with Gasteiger partial charge in [0, 0.05) is 19.3 Å². The molecule has 1 aliphatic rings. The van der Waals surface area contributed by atoms with E-state index >= 15 is 0 Å². The number of allylic oxidation sites excluding steroid dienone is 16. The minimum absolute atomic E-state index is 0.0448. The molecule has 12 heteroatoms. The largest absolute Gasteiger partial charge is 0.479 e. The quantitative estimate of drug-likeness (QED) is 0.0228. The molecule has 12 nitrogen and oxygen atoms in total. The first-order valence-corrected chi connectivity index (χ1v) is 32.2. The fourth-order valence-electron chi connectivity index (χ4n) is 9.25. The maximum absolute atomic E-state index is 13.2. The zero-order valence-corrected chi connectivity index (χ0v) is 51.0. The first kappa shape index (κ1) is 74.7. The standard InChI is InChI=1S/C69H114O12/c1-4-7-10-13-16-19-22-25-28-30-31-33-35-37-40-43-46-49-52-55-61(70)77-58-60(79-62(71)56-53-50-47-44-41-39-36-32-29-26-23-20-17-14-11-8-5-2)59-78-69-67(65(74)64(73)66(81-69)68(75)76)80-63(72)57-54-51-48-45-42-38-34-27-24-21-18-15-12-9-6-3/h7-8,10-11,16-17,19-20,25-29,31,33-34,60,64-67,69,73-74H,4-6,9,12-15,18,21-24,30,32,35-59H2,1-3H3,(H,75,76)/b10-7-,11-8-,19-16-,20-17-,28-25-,29-26-,33-31-,34-27-. The van der Waals surface area contributed by atoms with Crippen LogP contribution < -0.4 is 0 Å². The van der Waals surface area contributed by atoms with E-state index in [0.29, 0.717) is 19.3 Å². The summed E-state index contributed by atoms with van der Waals surface area (Å²) >= 11 is 0. The Hall–Kier alpha value is -4.36. The Morgan fingerprint density at radius 2 is 0.778 bits per heavy atom. The van der Waals surface area contributed by atoms with E-state index in [-0.39, 0.29) is 25.9 Å². The van der Waals surface area contributed by atoms with Crippen LogP contribution in [0.4, 0.5) is 0 Å². The molecule has 1 heterocycles. The van der Waals surface area contributed by atoms with Gasteiger partial charge in [-0.15, -0.1) is 0 Å². The van der Waals surface area contributed by atoms with Crippen LogP contribution in [0.2, 0.25) is 0 Å². The number of carbonyl (C=O) groups excluding carboxylic acids is 3. The van der Waals surface area contributed by atoms with Crippen molar-refractivity contribution in [3.05, 3.63) is 97.2 Å². The van der Waals surface area contributed by atoms with Crippen LogP contribution in [0.3, 0.4) is 0 Å². The Kier molecular flexibility index (Phi) is 51.7. The van der Waals surface area contributed by atoms with Crippen LogP contribution in [0.15, 0.2) is 97.2 Å². The maximum atomic E-state index is 13.2. The van der Waals surface area contributed by atoms with Gasteiger partial charge in [0.05, 0.1) is 6.61 Å². The lowest BCUT2D eigenvalue weighted by Gasteiger charge is -2.40. The Bertz CT molecular complexity index is 1780. The molecule has 462 valence electrons. The van der Waals surface area contributed by atoms with Crippen LogP contribution >= 0.6 is 0 Å². The minimum Gasteiger partial charge on any atom is -0.479 e. The molecule has 1 fully saturated rings. The fourth-order valence-corrected chi connectivity index (χ4v) is 9.25. The van der Waals surface area contributed by atoms with Crippen LogP contribution in [0, 0.1) is 0 Å². The number of unbranched alkanes of at least 4 members (excludes halogenated alkanes) is 24. The zero-order valence-electron chi connectivity index (χ0n) is 51.0. The molecule has 0 aromatic rings. The molecule has 1 rings (SSSR count). The van der Waals surface area contributed by atoms with Crippen LogP contribution in [-0.4, -0.2) is 89.2 Å². The lowest BCUT2D eigenvalue weighted by molar-refractivity contribution is -0.301. The van der Waals surface area contributed by atoms with Crippen molar-refractivity contribution in [1.29, 1.82) is 0 Å². The van der Waals surface area contributed by atoms with Crippen molar-refractivity contribution in [2.45, 2.75) is 302 Å². The van der Waals surface area contributed by atoms with E-state index in [2.05, 4.69) is 118 Å². The minimum atomic E-state index is -1.91. The molecular formula is C69H114O12. The summed E-state index contributed by atoms with van der Waals surface area (Å²) < 4.78 is 28.5. The van der Waals surface area contributed by atoms with Gasteiger partial charge in [-0.1, -0.05) is 227 Å². The molecule has 0 spiro atoms. The molecule has 1 saturated heterocycles. The number of hydrogen-bond donors (Lipinski definition) is 3. The van der Waals surface area contributed by atoms with Crippen LogP contribution in [-0.2, 0) is 42.9 Å². The number of carbonyl (C=O) groups is 4. The molecule has 81 heavy (non-hydrogen) atoms. The van der Waals surface area contributed by atoms with Crippen molar-refractivity contribution >= 4 is 23.9 Å². The summed E-state index contributed by atoms with van der Waals surface area (Å²) in [6.45, 7) is 5.76. The van der Waals surface area contributed by atoms with Gasteiger partial charge in [-0.2, -0.15) is 0 Å². The first-order chi connectivity index (χ1) is 39.6. The predicted octanol–water partition coefficient (Wildman–Crippen LogP) is 17.2. The van der Waals surface area contributed by atoms with Gasteiger partial charge < -0.3 is 39.0 Å². The van der Waals surface area contributed by atoms with Gasteiger partial charge in [-0.25, -0.2) is 4.79 Å². The number of rotatable bonds is 54. The van der Waals surface area contributed by atoms with Gasteiger partial charge >= 0.3 is 23.9 Å². The summed E-state index contributed by atoms with van der Waals surface area (Å²) in [5.41, 5.74) is 0. The van der Waals surface area contributed by atoms with Crippen molar-refractivity contribution in [2.24, 2.45) is 0 Å². The number of hydrogen-bond acceptors (Lipinski definition) is 11. The van der Waals surface area contributed by atoms with Crippen molar-refractivity contribution in [2.75, 3.05) is 13.2 Å². The van der Waals surface area contributed by atoms with Crippen LogP contribution in [0.5, 0.6) is 0 Å². The van der Waals surface area contributed by atoms with Gasteiger partial charge in [-0.3, -0.25) is 14.4 Å². The van der Waals surface area contributed by atoms with E-state index in [1.807, 2.05) is 0 Å². The molecule has 0 saturated carbocycles. The first-order valence-electron chi connectivity index (χ1n) is 32.2. The highest BCUT2D eigenvalue weighted by atomic mass is 16.7. The van der Waals surface area contributed by atoms with Gasteiger partial charge in [0.15, 0.2) is 24.6 Å². The number of ether oxygens (including phenoxy) is 5. The highest BCUT2D eigenvalue weighted by Crippen LogP contribution is 2.26. The monoisotopic (exact) mass is 1130 g/mol. The second-order valence-electron chi connectivity index (χ2n) is 21.6. The summed E-state index contributed by atoms with van der Waals surface area (Å²) in [5.74, 6) is -3.16. The Balaban J connectivity index is 2.69. The SMILES string of the molecule is CC/C=C\C/C=C\C/C=C\C/C=C\CCCCCCCCC(=O)OCC(COC1OC(C(=O)O)C(O)C(O)C1OC(=O)CCCCCCC/C=C\CCCCCCCC)OC(=O)CCCCCCCCC/C=C\C/C=C\C/C=C\CC.